The summed E-state index contributed by atoms with van der Waals surface area (Å²) in [5, 5.41) is 0. The maximum Gasteiger partial charge on any atom is 0.314 e. The van der Waals surface area contributed by atoms with Gasteiger partial charge < -0.3 is 14.1 Å². The van der Waals surface area contributed by atoms with Crippen molar-refractivity contribution in [3.05, 3.63) is 58.8 Å². The molecule has 5 nitrogen and oxygen atoms in total. The van der Waals surface area contributed by atoms with Crippen LogP contribution < -0.4 is 0 Å². The van der Waals surface area contributed by atoms with Gasteiger partial charge in [-0.1, -0.05) is 12.1 Å². The SMILES string of the molecule is CCOC(=O)[C@]1(Cc2ccc(F)cc2)CCCN(C(=O)c2oc(C)cc2C)C1. The first kappa shape index (κ1) is 20.1. The number of esters is 1. The highest BCUT2D eigenvalue weighted by Crippen LogP contribution is 2.36. The number of hydrogen-bond donors (Lipinski definition) is 0. The van der Waals surface area contributed by atoms with Crippen molar-refractivity contribution in [1.29, 1.82) is 0 Å². The minimum atomic E-state index is -0.850. The van der Waals surface area contributed by atoms with E-state index in [2.05, 4.69) is 0 Å². The van der Waals surface area contributed by atoms with E-state index in [9.17, 15) is 14.0 Å². The Labute approximate surface area is 164 Å². The third-order valence-corrected chi connectivity index (χ3v) is 5.26. The third-order valence-electron chi connectivity index (χ3n) is 5.26. The highest BCUT2D eigenvalue weighted by molar-refractivity contribution is 5.93. The zero-order chi connectivity index (χ0) is 20.3. The molecule has 0 saturated carbocycles. The number of likely N-dealkylation sites (tertiary alicyclic amines) is 1. The van der Waals surface area contributed by atoms with E-state index >= 15 is 0 Å². The molecule has 2 aromatic rings. The maximum atomic E-state index is 13.3. The highest BCUT2D eigenvalue weighted by atomic mass is 19.1. The molecular weight excluding hydrogens is 361 g/mol. The summed E-state index contributed by atoms with van der Waals surface area (Å²) in [5.74, 6) is 0.153. The van der Waals surface area contributed by atoms with Gasteiger partial charge >= 0.3 is 5.97 Å². The van der Waals surface area contributed by atoms with Crippen LogP contribution in [0.2, 0.25) is 0 Å². The summed E-state index contributed by atoms with van der Waals surface area (Å²) in [6, 6.07) is 7.95. The summed E-state index contributed by atoms with van der Waals surface area (Å²) < 4.78 is 24.2. The zero-order valence-corrected chi connectivity index (χ0v) is 16.6. The molecule has 0 unspecified atom stereocenters. The van der Waals surface area contributed by atoms with E-state index in [0.29, 0.717) is 37.3 Å². The molecule has 150 valence electrons. The van der Waals surface area contributed by atoms with Gasteiger partial charge in [0.2, 0.25) is 0 Å². The average Bonchev–Trinajstić information content (AvgIpc) is 3.01. The monoisotopic (exact) mass is 387 g/mol. The molecule has 0 N–H and O–H groups in total. The van der Waals surface area contributed by atoms with E-state index in [1.54, 1.807) is 30.9 Å². The minimum absolute atomic E-state index is 0.210. The van der Waals surface area contributed by atoms with Gasteiger partial charge in [0.1, 0.15) is 11.6 Å². The molecule has 1 saturated heterocycles. The van der Waals surface area contributed by atoms with Gasteiger partial charge in [-0.15, -0.1) is 0 Å². The fourth-order valence-corrected chi connectivity index (χ4v) is 3.96. The molecule has 2 heterocycles. The van der Waals surface area contributed by atoms with Crippen LogP contribution >= 0.6 is 0 Å². The van der Waals surface area contributed by atoms with Crippen molar-refractivity contribution in [2.75, 3.05) is 19.7 Å². The second-order valence-corrected chi connectivity index (χ2v) is 7.50. The molecule has 1 amide bonds. The van der Waals surface area contributed by atoms with Crippen LogP contribution in [0, 0.1) is 25.1 Å². The molecule has 6 heteroatoms. The van der Waals surface area contributed by atoms with Crippen molar-refractivity contribution in [3.8, 4) is 0 Å². The second-order valence-electron chi connectivity index (χ2n) is 7.50. The Balaban J connectivity index is 1.88. The van der Waals surface area contributed by atoms with Gasteiger partial charge in [-0.25, -0.2) is 4.39 Å². The topological polar surface area (TPSA) is 59.8 Å². The number of ether oxygens (including phenoxy) is 1. The summed E-state index contributed by atoms with van der Waals surface area (Å²) in [6.45, 7) is 6.49. The summed E-state index contributed by atoms with van der Waals surface area (Å²) in [6.07, 6.45) is 1.69. The van der Waals surface area contributed by atoms with Crippen molar-refractivity contribution < 1.29 is 23.1 Å². The first-order valence-corrected chi connectivity index (χ1v) is 9.62. The van der Waals surface area contributed by atoms with Crippen molar-refractivity contribution in [2.24, 2.45) is 5.41 Å². The number of benzene rings is 1. The summed E-state index contributed by atoms with van der Waals surface area (Å²) >= 11 is 0. The van der Waals surface area contributed by atoms with Gasteiger partial charge in [0.25, 0.3) is 5.91 Å². The van der Waals surface area contributed by atoms with Crippen molar-refractivity contribution in [2.45, 2.75) is 40.0 Å². The van der Waals surface area contributed by atoms with E-state index < -0.39 is 5.41 Å². The number of rotatable bonds is 5. The fraction of sp³-hybridized carbons (Fsp3) is 0.455. The van der Waals surface area contributed by atoms with Gasteiger partial charge in [0.15, 0.2) is 5.76 Å². The Morgan fingerprint density at radius 2 is 1.96 bits per heavy atom. The summed E-state index contributed by atoms with van der Waals surface area (Å²) in [5.41, 5.74) is 0.777. The molecule has 0 radical (unpaired) electrons. The Kier molecular flexibility index (Phi) is 5.87. The molecule has 1 aliphatic rings. The summed E-state index contributed by atoms with van der Waals surface area (Å²) in [7, 11) is 0. The number of carbonyl (C=O) groups excluding carboxylic acids is 2. The fourth-order valence-electron chi connectivity index (χ4n) is 3.96. The third kappa shape index (κ3) is 4.11. The van der Waals surface area contributed by atoms with Gasteiger partial charge in [-0.05, 0) is 63.8 Å². The molecule has 1 atom stereocenters. The Hall–Kier alpha value is -2.63. The van der Waals surface area contributed by atoms with E-state index in [0.717, 1.165) is 11.1 Å². The van der Waals surface area contributed by atoms with Crippen LogP contribution in [0.5, 0.6) is 0 Å². The molecule has 1 aliphatic heterocycles. The lowest BCUT2D eigenvalue weighted by molar-refractivity contribution is -0.158. The van der Waals surface area contributed by atoms with Crippen LogP contribution in [0.4, 0.5) is 4.39 Å². The number of amides is 1. The number of aryl methyl sites for hydroxylation is 2. The minimum Gasteiger partial charge on any atom is -0.466 e. The van der Waals surface area contributed by atoms with Crippen LogP contribution in [0.1, 0.15) is 47.2 Å². The van der Waals surface area contributed by atoms with Crippen LogP contribution in [0.15, 0.2) is 34.7 Å². The molecule has 3 rings (SSSR count). The van der Waals surface area contributed by atoms with Gasteiger partial charge in [0.05, 0.1) is 12.0 Å². The molecule has 1 aromatic heterocycles. The second kappa shape index (κ2) is 8.17. The number of piperidine rings is 1. The number of halogens is 1. The number of nitrogens with zero attached hydrogens (tertiary/aromatic N) is 1. The molecule has 0 aliphatic carbocycles. The van der Waals surface area contributed by atoms with Crippen LogP contribution in [0.3, 0.4) is 0 Å². The van der Waals surface area contributed by atoms with E-state index in [-0.39, 0.29) is 30.8 Å². The molecule has 28 heavy (non-hydrogen) atoms. The highest BCUT2D eigenvalue weighted by Gasteiger charge is 2.45. The zero-order valence-electron chi connectivity index (χ0n) is 16.6. The van der Waals surface area contributed by atoms with Crippen molar-refractivity contribution in [3.63, 3.8) is 0 Å². The van der Waals surface area contributed by atoms with Crippen LogP contribution in [0.25, 0.3) is 0 Å². The van der Waals surface area contributed by atoms with Gasteiger partial charge in [-0.2, -0.15) is 0 Å². The number of hydrogen-bond acceptors (Lipinski definition) is 4. The Bertz CT molecular complexity index is 858. The van der Waals surface area contributed by atoms with Crippen molar-refractivity contribution in [1.82, 2.24) is 4.90 Å². The number of carbonyl (C=O) groups is 2. The number of furan rings is 1. The lowest BCUT2D eigenvalue weighted by atomic mass is 9.75. The van der Waals surface area contributed by atoms with E-state index in [4.69, 9.17) is 9.15 Å². The standard InChI is InChI=1S/C22H26FNO4/c1-4-27-21(26)22(13-17-6-8-18(23)9-7-17)10-5-11-24(14-22)20(25)19-15(2)12-16(3)28-19/h6-9,12H,4-5,10-11,13-14H2,1-3H3/t22-/m0/s1. The molecular formula is C22H26FNO4. The first-order chi connectivity index (χ1) is 13.3. The molecule has 0 bridgehead atoms. The normalized spacial score (nSPS) is 19.5. The van der Waals surface area contributed by atoms with Crippen LogP contribution in [-0.2, 0) is 16.0 Å². The van der Waals surface area contributed by atoms with Gasteiger partial charge in [0, 0.05) is 18.7 Å². The molecule has 0 spiro atoms. The maximum absolute atomic E-state index is 13.3. The average molecular weight is 387 g/mol. The van der Waals surface area contributed by atoms with E-state index in [1.807, 2.05) is 13.0 Å². The first-order valence-electron chi connectivity index (χ1n) is 9.62. The van der Waals surface area contributed by atoms with E-state index in [1.165, 1.54) is 12.1 Å². The smallest absolute Gasteiger partial charge is 0.314 e. The Morgan fingerprint density at radius 1 is 1.25 bits per heavy atom. The lowest BCUT2D eigenvalue weighted by Crippen LogP contribution is -2.51. The Morgan fingerprint density at radius 3 is 2.57 bits per heavy atom. The van der Waals surface area contributed by atoms with Crippen LogP contribution in [-0.4, -0.2) is 36.5 Å². The lowest BCUT2D eigenvalue weighted by Gasteiger charge is -2.40. The quantitative estimate of drug-likeness (QED) is 0.726. The predicted octanol–water partition coefficient (Wildman–Crippen LogP) is 4.06. The van der Waals surface area contributed by atoms with Crippen molar-refractivity contribution >= 4 is 11.9 Å². The van der Waals surface area contributed by atoms with Gasteiger partial charge in [-0.3, -0.25) is 9.59 Å². The molecule has 1 fully saturated rings. The largest absolute Gasteiger partial charge is 0.466 e. The molecule has 1 aromatic carbocycles. The summed E-state index contributed by atoms with van der Waals surface area (Å²) in [4.78, 5) is 27.6. The predicted molar refractivity (Wildman–Crippen MR) is 102 cm³/mol.